The SMILES string of the molecule is CC1(C)CCCNC1CNC(=O)c1ccc(F)cc1Cl.Cl. The van der Waals surface area contributed by atoms with Gasteiger partial charge in [0.15, 0.2) is 0 Å². The molecule has 1 aromatic rings. The lowest BCUT2D eigenvalue weighted by molar-refractivity contribution is 0.0929. The Hall–Kier alpha value is -0.840. The summed E-state index contributed by atoms with van der Waals surface area (Å²) >= 11 is 5.89. The van der Waals surface area contributed by atoms with Crippen LogP contribution in [0.15, 0.2) is 18.2 Å². The second-order valence-corrected chi connectivity index (χ2v) is 6.34. The molecule has 0 aromatic heterocycles. The van der Waals surface area contributed by atoms with E-state index in [0.717, 1.165) is 25.5 Å². The van der Waals surface area contributed by atoms with Gasteiger partial charge in [0.05, 0.1) is 10.6 Å². The topological polar surface area (TPSA) is 41.1 Å². The van der Waals surface area contributed by atoms with Gasteiger partial charge in [-0.05, 0) is 43.0 Å². The Morgan fingerprint density at radius 2 is 2.24 bits per heavy atom. The molecule has 1 aromatic carbocycles. The number of halogens is 3. The average Bonchev–Trinajstić information content (AvgIpc) is 2.36. The van der Waals surface area contributed by atoms with Gasteiger partial charge in [-0.15, -0.1) is 12.4 Å². The Balaban J connectivity index is 0.00000220. The van der Waals surface area contributed by atoms with Gasteiger partial charge in [0, 0.05) is 12.6 Å². The highest BCUT2D eigenvalue weighted by Crippen LogP contribution is 2.29. The minimum atomic E-state index is -0.443. The molecule has 1 saturated heterocycles. The fourth-order valence-corrected chi connectivity index (χ4v) is 2.84. The second-order valence-electron chi connectivity index (χ2n) is 5.93. The van der Waals surface area contributed by atoms with Crippen molar-refractivity contribution in [2.75, 3.05) is 13.1 Å². The van der Waals surface area contributed by atoms with Crippen molar-refractivity contribution in [2.24, 2.45) is 5.41 Å². The van der Waals surface area contributed by atoms with Gasteiger partial charge >= 0.3 is 0 Å². The van der Waals surface area contributed by atoms with Crippen molar-refractivity contribution in [1.29, 1.82) is 0 Å². The number of nitrogens with one attached hydrogen (secondary N) is 2. The van der Waals surface area contributed by atoms with Crippen LogP contribution in [0.3, 0.4) is 0 Å². The highest BCUT2D eigenvalue weighted by molar-refractivity contribution is 6.33. The van der Waals surface area contributed by atoms with Crippen molar-refractivity contribution >= 4 is 29.9 Å². The van der Waals surface area contributed by atoms with Crippen LogP contribution in [0, 0.1) is 11.2 Å². The van der Waals surface area contributed by atoms with E-state index in [9.17, 15) is 9.18 Å². The number of hydrogen-bond donors (Lipinski definition) is 2. The predicted octanol–water partition coefficient (Wildman–Crippen LogP) is 3.41. The van der Waals surface area contributed by atoms with Crippen molar-refractivity contribution in [3.8, 4) is 0 Å². The van der Waals surface area contributed by atoms with E-state index in [4.69, 9.17) is 11.6 Å². The maximum absolute atomic E-state index is 13.0. The van der Waals surface area contributed by atoms with E-state index in [2.05, 4.69) is 24.5 Å². The van der Waals surface area contributed by atoms with Gasteiger partial charge in [-0.1, -0.05) is 25.4 Å². The van der Waals surface area contributed by atoms with E-state index in [-0.39, 0.29) is 34.8 Å². The molecule has 1 heterocycles. The third-order valence-corrected chi connectivity index (χ3v) is 4.29. The van der Waals surface area contributed by atoms with E-state index in [1.54, 1.807) is 0 Å². The number of amides is 1. The van der Waals surface area contributed by atoms with Crippen molar-refractivity contribution in [3.63, 3.8) is 0 Å². The molecule has 1 atom stereocenters. The van der Waals surface area contributed by atoms with E-state index < -0.39 is 5.82 Å². The van der Waals surface area contributed by atoms with Crippen LogP contribution in [0.25, 0.3) is 0 Å². The largest absolute Gasteiger partial charge is 0.350 e. The Morgan fingerprint density at radius 1 is 1.52 bits per heavy atom. The molecule has 6 heteroatoms. The molecule has 1 unspecified atom stereocenters. The van der Waals surface area contributed by atoms with Crippen molar-refractivity contribution in [2.45, 2.75) is 32.7 Å². The summed E-state index contributed by atoms with van der Waals surface area (Å²) in [5, 5.41) is 6.45. The third kappa shape index (κ3) is 4.56. The number of carbonyl (C=O) groups excluding carboxylic acids is 1. The van der Waals surface area contributed by atoms with Crippen LogP contribution in [-0.4, -0.2) is 25.0 Å². The molecule has 1 amide bonds. The molecular weight excluding hydrogens is 314 g/mol. The summed E-state index contributed by atoms with van der Waals surface area (Å²) in [5.74, 6) is -0.709. The predicted molar refractivity (Wildman–Crippen MR) is 85.8 cm³/mol. The smallest absolute Gasteiger partial charge is 0.252 e. The highest BCUT2D eigenvalue weighted by atomic mass is 35.5. The van der Waals surface area contributed by atoms with Crippen molar-refractivity contribution < 1.29 is 9.18 Å². The maximum Gasteiger partial charge on any atom is 0.252 e. The Morgan fingerprint density at radius 3 is 2.86 bits per heavy atom. The zero-order valence-corrected chi connectivity index (χ0v) is 13.8. The van der Waals surface area contributed by atoms with Gasteiger partial charge in [-0.3, -0.25) is 4.79 Å². The first-order valence-corrected chi connectivity index (χ1v) is 7.24. The van der Waals surface area contributed by atoms with Gasteiger partial charge in [-0.25, -0.2) is 4.39 Å². The van der Waals surface area contributed by atoms with Gasteiger partial charge in [-0.2, -0.15) is 0 Å². The van der Waals surface area contributed by atoms with E-state index in [0.29, 0.717) is 12.1 Å². The summed E-state index contributed by atoms with van der Waals surface area (Å²) in [6, 6.07) is 4.04. The molecule has 0 aliphatic carbocycles. The summed E-state index contributed by atoms with van der Waals surface area (Å²) in [7, 11) is 0. The zero-order chi connectivity index (χ0) is 14.8. The molecule has 0 saturated carbocycles. The average molecular weight is 335 g/mol. The van der Waals surface area contributed by atoms with Crippen molar-refractivity contribution in [3.05, 3.63) is 34.6 Å². The van der Waals surface area contributed by atoms with Crippen molar-refractivity contribution in [1.82, 2.24) is 10.6 Å². The highest BCUT2D eigenvalue weighted by Gasteiger charge is 2.32. The molecule has 1 fully saturated rings. The standard InChI is InChI=1S/C15H20ClFN2O.ClH/c1-15(2)6-3-7-18-13(15)9-19-14(20)11-5-4-10(17)8-12(11)16;/h4-5,8,13,18H,3,6-7,9H2,1-2H3,(H,19,20);1H. The molecule has 3 nitrogen and oxygen atoms in total. The van der Waals surface area contributed by atoms with E-state index in [1.165, 1.54) is 12.1 Å². The molecule has 0 spiro atoms. The molecule has 2 rings (SSSR count). The minimum Gasteiger partial charge on any atom is -0.350 e. The Kier molecular flexibility index (Phi) is 6.44. The summed E-state index contributed by atoms with van der Waals surface area (Å²) in [6.45, 7) is 5.91. The van der Waals surface area contributed by atoms with Crippen LogP contribution < -0.4 is 10.6 Å². The first-order chi connectivity index (χ1) is 9.40. The van der Waals surface area contributed by atoms with Crippen LogP contribution in [0.5, 0.6) is 0 Å². The molecule has 1 aliphatic heterocycles. The van der Waals surface area contributed by atoms with E-state index in [1.807, 2.05) is 0 Å². The first kappa shape index (κ1) is 18.2. The van der Waals surface area contributed by atoms with Crippen LogP contribution in [0.4, 0.5) is 4.39 Å². The lowest BCUT2D eigenvalue weighted by Crippen LogP contribution is -2.52. The second kappa shape index (κ2) is 7.43. The fourth-order valence-electron chi connectivity index (χ4n) is 2.58. The minimum absolute atomic E-state index is 0. The fraction of sp³-hybridized carbons (Fsp3) is 0.533. The van der Waals surface area contributed by atoms with Gasteiger partial charge < -0.3 is 10.6 Å². The molecule has 2 N–H and O–H groups in total. The first-order valence-electron chi connectivity index (χ1n) is 6.87. The molecule has 118 valence electrons. The van der Waals surface area contributed by atoms with Crippen LogP contribution in [0.2, 0.25) is 5.02 Å². The number of hydrogen-bond acceptors (Lipinski definition) is 2. The lowest BCUT2D eigenvalue weighted by Gasteiger charge is -2.39. The summed E-state index contributed by atoms with van der Waals surface area (Å²) in [5.41, 5.74) is 0.458. The van der Waals surface area contributed by atoms with Crippen LogP contribution >= 0.6 is 24.0 Å². The van der Waals surface area contributed by atoms with Crippen LogP contribution in [-0.2, 0) is 0 Å². The molecular formula is C15H21Cl2FN2O. The summed E-state index contributed by atoms with van der Waals surface area (Å²) < 4.78 is 13.0. The molecule has 1 aliphatic rings. The quantitative estimate of drug-likeness (QED) is 0.889. The number of carbonyl (C=O) groups is 1. The van der Waals surface area contributed by atoms with Gasteiger partial charge in [0.2, 0.25) is 0 Å². The number of benzene rings is 1. The number of piperidine rings is 1. The summed E-state index contributed by atoms with van der Waals surface area (Å²) in [6.07, 6.45) is 2.29. The monoisotopic (exact) mass is 334 g/mol. The van der Waals surface area contributed by atoms with E-state index >= 15 is 0 Å². The molecule has 21 heavy (non-hydrogen) atoms. The maximum atomic E-state index is 13.0. The van der Waals surface area contributed by atoms with Crippen LogP contribution in [0.1, 0.15) is 37.0 Å². The third-order valence-electron chi connectivity index (χ3n) is 3.97. The van der Waals surface area contributed by atoms with Gasteiger partial charge in [0.1, 0.15) is 5.82 Å². The molecule has 0 bridgehead atoms. The Labute approximate surface area is 136 Å². The normalized spacial score (nSPS) is 20.5. The zero-order valence-electron chi connectivity index (χ0n) is 12.2. The van der Waals surface area contributed by atoms with Gasteiger partial charge in [0.25, 0.3) is 5.91 Å². The summed E-state index contributed by atoms with van der Waals surface area (Å²) in [4.78, 5) is 12.1. The number of rotatable bonds is 3. The Bertz CT molecular complexity index is 508. The molecule has 0 radical (unpaired) electrons. The lowest BCUT2D eigenvalue weighted by atomic mass is 9.77.